The van der Waals surface area contributed by atoms with E-state index in [1.54, 1.807) is 0 Å². The van der Waals surface area contributed by atoms with Gasteiger partial charge in [0.1, 0.15) is 5.76 Å². The third kappa shape index (κ3) is 3.51. The second kappa shape index (κ2) is 5.11. The van der Waals surface area contributed by atoms with Gasteiger partial charge in [-0.05, 0) is 39.9 Å². The molecule has 1 aromatic rings. The Morgan fingerprint density at radius 1 is 1.47 bits per heavy atom. The third-order valence-corrected chi connectivity index (χ3v) is 2.29. The first kappa shape index (κ1) is 12.0. The Balaban J connectivity index is 2.47. The molecule has 0 spiro atoms. The molecule has 5 heteroatoms. The van der Waals surface area contributed by atoms with Crippen molar-refractivity contribution in [3.63, 3.8) is 0 Å². The molecular formula is C10H17N3OS. The van der Waals surface area contributed by atoms with Crippen LogP contribution in [0.15, 0.2) is 4.52 Å². The molecule has 0 amide bonds. The molecular weight excluding hydrogens is 210 g/mol. The van der Waals surface area contributed by atoms with E-state index in [0.29, 0.717) is 17.7 Å². The highest BCUT2D eigenvalue weighted by atomic mass is 32.1. The predicted molar refractivity (Wildman–Crippen MR) is 63.7 cm³/mol. The molecule has 4 nitrogen and oxygen atoms in total. The average molecular weight is 227 g/mol. The summed E-state index contributed by atoms with van der Waals surface area (Å²) < 4.78 is 5.05. The van der Waals surface area contributed by atoms with Crippen LogP contribution in [0.4, 0.5) is 0 Å². The van der Waals surface area contributed by atoms with Crippen LogP contribution < -0.4 is 10.6 Å². The maximum Gasteiger partial charge on any atom is 0.166 e. The van der Waals surface area contributed by atoms with Gasteiger partial charge in [0.05, 0.1) is 5.69 Å². The molecule has 0 radical (unpaired) electrons. The van der Waals surface area contributed by atoms with E-state index in [9.17, 15) is 0 Å². The normalized spacial score (nSPS) is 10.5. The Morgan fingerprint density at radius 3 is 2.60 bits per heavy atom. The second-order valence-corrected chi connectivity index (χ2v) is 4.19. The first-order valence-electron chi connectivity index (χ1n) is 4.96. The van der Waals surface area contributed by atoms with Gasteiger partial charge in [0.15, 0.2) is 5.11 Å². The van der Waals surface area contributed by atoms with Crippen LogP contribution in [-0.4, -0.2) is 16.3 Å². The molecule has 0 bridgehead atoms. The minimum absolute atomic E-state index is 0.342. The molecule has 15 heavy (non-hydrogen) atoms. The maximum atomic E-state index is 5.12. The fourth-order valence-electron chi connectivity index (χ4n) is 1.24. The van der Waals surface area contributed by atoms with Crippen LogP contribution in [0.5, 0.6) is 0 Å². The van der Waals surface area contributed by atoms with Gasteiger partial charge < -0.3 is 15.2 Å². The monoisotopic (exact) mass is 227 g/mol. The highest BCUT2D eigenvalue weighted by Crippen LogP contribution is 2.11. The fraction of sp³-hybridized carbons (Fsp3) is 0.600. The number of aryl methyl sites for hydroxylation is 2. The van der Waals surface area contributed by atoms with Gasteiger partial charge in [0, 0.05) is 18.2 Å². The Morgan fingerprint density at radius 2 is 2.13 bits per heavy atom. The van der Waals surface area contributed by atoms with Crippen molar-refractivity contribution in [2.45, 2.75) is 40.3 Å². The molecule has 0 atom stereocenters. The lowest BCUT2D eigenvalue weighted by Crippen LogP contribution is -2.38. The number of hydrogen-bond acceptors (Lipinski definition) is 3. The van der Waals surface area contributed by atoms with Crippen LogP contribution in [0.2, 0.25) is 0 Å². The molecule has 0 unspecified atom stereocenters. The van der Waals surface area contributed by atoms with E-state index in [2.05, 4.69) is 15.8 Å². The zero-order chi connectivity index (χ0) is 11.4. The molecule has 0 saturated carbocycles. The summed E-state index contributed by atoms with van der Waals surface area (Å²) in [5, 5.41) is 10.8. The van der Waals surface area contributed by atoms with E-state index in [0.717, 1.165) is 17.0 Å². The summed E-state index contributed by atoms with van der Waals surface area (Å²) in [7, 11) is 0. The second-order valence-electron chi connectivity index (χ2n) is 3.78. The van der Waals surface area contributed by atoms with Crippen molar-refractivity contribution >= 4 is 17.3 Å². The highest BCUT2D eigenvalue weighted by molar-refractivity contribution is 7.80. The van der Waals surface area contributed by atoms with E-state index in [1.807, 2.05) is 27.7 Å². The molecule has 1 aromatic heterocycles. The van der Waals surface area contributed by atoms with Gasteiger partial charge in [-0.15, -0.1) is 0 Å². The van der Waals surface area contributed by atoms with E-state index in [-0.39, 0.29) is 0 Å². The summed E-state index contributed by atoms with van der Waals surface area (Å²) in [6, 6.07) is 0.342. The Kier molecular flexibility index (Phi) is 4.08. The number of thiocarbonyl (C=S) groups is 1. The number of aromatic nitrogens is 1. The standard InChI is InChI=1S/C10H17N3OS/c1-6(2)12-10(15)11-5-9-7(3)13-14-8(9)4/h6H,5H2,1-4H3,(H2,11,12,15). The SMILES string of the molecule is Cc1noc(C)c1CNC(=S)NC(C)C. The summed E-state index contributed by atoms with van der Waals surface area (Å²) in [5.41, 5.74) is 1.98. The number of nitrogens with zero attached hydrogens (tertiary/aromatic N) is 1. The quantitative estimate of drug-likeness (QED) is 0.769. The van der Waals surface area contributed by atoms with Crippen LogP contribution in [-0.2, 0) is 6.54 Å². The van der Waals surface area contributed by atoms with Crippen molar-refractivity contribution in [3.8, 4) is 0 Å². The first-order valence-corrected chi connectivity index (χ1v) is 5.37. The van der Waals surface area contributed by atoms with Gasteiger partial charge in [-0.1, -0.05) is 5.16 Å². The van der Waals surface area contributed by atoms with Crippen LogP contribution >= 0.6 is 12.2 Å². The molecule has 1 rings (SSSR count). The summed E-state index contributed by atoms with van der Waals surface area (Å²) in [5.74, 6) is 0.840. The van der Waals surface area contributed by atoms with Crippen molar-refractivity contribution in [3.05, 3.63) is 17.0 Å². The lowest BCUT2D eigenvalue weighted by molar-refractivity contribution is 0.392. The van der Waals surface area contributed by atoms with Gasteiger partial charge in [0.2, 0.25) is 0 Å². The van der Waals surface area contributed by atoms with Crippen LogP contribution in [0, 0.1) is 13.8 Å². The Bertz CT molecular complexity index is 327. The van der Waals surface area contributed by atoms with Gasteiger partial charge >= 0.3 is 0 Å². The highest BCUT2D eigenvalue weighted by Gasteiger charge is 2.08. The predicted octanol–water partition coefficient (Wildman–Crippen LogP) is 1.66. The number of hydrogen-bond donors (Lipinski definition) is 2. The number of rotatable bonds is 3. The van der Waals surface area contributed by atoms with Gasteiger partial charge in [-0.3, -0.25) is 0 Å². The van der Waals surface area contributed by atoms with Crippen LogP contribution in [0.1, 0.15) is 30.9 Å². The van der Waals surface area contributed by atoms with Gasteiger partial charge in [-0.2, -0.15) is 0 Å². The minimum Gasteiger partial charge on any atom is -0.361 e. The van der Waals surface area contributed by atoms with E-state index >= 15 is 0 Å². The topological polar surface area (TPSA) is 50.1 Å². The minimum atomic E-state index is 0.342. The van der Waals surface area contributed by atoms with Crippen molar-refractivity contribution in [2.75, 3.05) is 0 Å². The summed E-state index contributed by atoms with van der Waals surface area (Å²) in [6.07, 6.45) is 0. The molecule has 2 N–H and O–H groups in total. The van der Waals surface area contributed by atoms with Crippen molar-refractivity contribution in [1.82, 2.24) is 15.8 Å². The lowest BCUT2D eigenvalue weighted by atomic mass is 10.2. The third-order valence-electron chi connectivity index (χ3n) is 2.03. The van der Waals surface area contributed by atoms with E-state index in [4.69, 9.17) is 16.7 Å². The van der Waals surface area contributed by atoms with E-state index in [1.165, 1.54) is 0 Å². The molecule has 0 fully saturated rings. The molecule has 0 aromatic carbocycles. The fourth-order valence-corrected chi connectivity index (χ4v) is 1.54. The zero-order valence-electron chi connectivity index (χ0n) is 9.55. The molecule has 0 aliphatic rings. The van der Waals surface area contributed by atoms with Gasteiger partial charge in [0.25, 0.3) is 0 Å². The molecule has 1 heterocycles. The summed E-state index contributed by atoms with van der Waals surface area (Å²) in [4.78, 5) is 0. The molecule has 0 aliphatic carbocycles. The zero-order valence-corrected chi connectivity index (χ0v) is 10.4. The first-order chi connectivity index (χ1) is 7.00. The Labute approximate surface area is 95.4 Å². The maximum absolute atomic E-state index is 5.12. The van der Waals surface area contributed by atoms with Crippen LogP contribution in [0.25, 0.3) is 0 Å². The molecule has 0 aliphatic heterocycles. The van der Waals surface area contributed by atoms with Crippen molar-refractivity contribution < 1.29 is 4.52 Å². The average Bonchev–Trinajstić information content (AvgIpc) is 2.42. The lowest BCUT2D eigenvalue weighted by Gasteiger charge is -2.12. The van der Waals surface area contributed by atoms with Crippen molar-refractivity contribution in [2.24, 2.45) is 0 Å². The Hall–Kier alpha value is -1.10. The van der Waals surface area contributed by atoms with Crippen molar-refractivity contribution in [1.29, 1.82) is 0 Å². The smallest absolute Gasteiger partial charge is 0.166 e. The number of nitrogens with one attached hydrogen (secondary N) is 2. The van der Waals surface area contributed by atoms with Gasteiger partial charge in [-0.25, -0.2) is 0 Å². The summed E-state index contributed by atoms with van der Waals surface area (Å²) in [6.45, 7) is 8.57. The molecule has 84 valence electrons. The summed E-state index contributed by atoms with van der Waals surface area (Å²) >= 11 is 5.12. The largest absolute Gasteiger partial charge is 0.361 e. The molecule has 0 saturated heterocycles. The van der Waals surface area contributed by atoms with E-state index < -0.39 is 0 Å². The van der Waals surface area contributed by atoms with Crippen LogP contribution in [0.3, 0.4) is 0 Å².